The van der Waals surface area contributed by atoms with E-state index in [0.717, 1.165) is 24.5 Å². The van der Waals surface area contributed by atoms with Crippen LogP contribution in [0.2, 0.25) is 0 Å². The van der Waals surface area contributed by atoms with Crippen molar-refractivity contribution in [2.45, 2.75) is 26.4 Å². The molecule has 0 saturated carbocycles. The first-order valence-corrected chi connectivity index (χ1v) is 7.07. The largest absolute Gasteiger partial charge is 0.352 e. The van der Waals surface area contributed by atoms with Crippen LogP contribution < -0.4 is 10.6 Å². The van der Waals surface area contributed by atoms with E-state index in [-0.39, 0.29) is 6.04 Å². The molecule has 0 saturated heterocycles. The molecule has 2 heterocycles. The fourth-order valence-corrected chi connectivity index (χ4v) is 2.52. The number of rotatable bonds is 5. The predicted molar refractivity (Wildman–Crippen MR) is 77.9 cm³/mol. The molecule has 96 valence electrons. The van der Waals surface area contributed by atoms with Gasteiger partial charge in [0, 0.05) is 23.7 Å². The second-order valence-corrected chi connectivity index (χ2v) is 5.36. The molecule has 0 aliphatic heterocycles. The second-order valence-electron chi connectivity index (χ2n) is 4.33. The zero-order valence-corrected chi connectivity index (χ0v) is 11.7. The molecule has 2 aromatic heterocycles. The highest BCUT2D eigenvalue weighted by molar-refractivity contribution is 7.09. The molecule has 0 aliphatic carbocycles. The van der Waals surface area contributed by atoms with Gasteiger partial charge in [0.15, 0.2) is 0 Å². The number of nitrogens with two attached hydrogens (primary N) is 1. The number of aromatic nitrogens is 1. The van der Waals surface area contributed by atoms with Crippen LogP contribution in [0.4, 0.5) is 5.82 Å². The van der Waals surface area contributed by atoms with Gasteiger partial charge in [0.1, 0.15) is 5.82 Å². The van der Waals surface area contributed by atoms with Gasteiger partial charge in [-0.1, -0.05) is 12.1 Å². The molecule has 0 aromatic carbocycles. The average molecular weight is 261 g/mol. The minimum atomic E-state index is 0.0407. The molecule has 0 bridgehead atoms. The molecule has 1 atom stereocenters. The van der Waals surface area contributed by atoms with Gasteiger partial charge >= 0.3 is 0 Å². The molecule has 2 N–H and O–H groups in total. The van der Waals surface area contributed by atoms with Crippen LogP contribution >= 0.6 is 11.3 Å². The molecule has 4 heteroatoms. The molecule has 0 unspecified atom stereocenters. The minimum Gasteiger partial charge on any atom is -0.352 e. The summed E-state index contributed by atoms with van der Waals surface area (Å²) in [5, 5.41) is 2.11. The summed E-state index contributed by atoms with van der Waals surface area (Å²) in [5.74, 6) is 1.01. The third kappa shape index (κ3) is 3.09. The van der Waals surface area contributed by atoms with Crippen LogP contribution in [0.1, 0.15) is 30.3 Å². The van der Waals surface area contributed by atoms with Gasteiger partial charge in [-0.15, -0.1) is 11.3 Å². The van der Waals surface area contributed by atoms with Crippen molar-refractivity contribution in [2.75, 3.05) is 11.4 Å². The second kappa shape index (κ2) is 5.98. The summed E-state index contributed by atoms with van der Waals surface area (Å²) < 4.78 is 0. The van der Waals surface area contributed by atoms with Gasteiger partial charge in [-0.05, 0) is 36.9 Å². The van der Waals surface area contributed by atoms with Gasteiger partial charge in [-0.3, -0.25) is 0 Å². The highest BCUT2D eigenvalue weighted by atomic mass is 32.1. The summed E-state index contributed by atoms with van der Waals surface area (Å²) in [6, 6.07) is 8.39. The molecular formula is C14H19N3S. The Labute approximate surface area is 112 Å². The predicted octanol–water partition coefficient (Wildman–Crippen LogP) is 3.19. The Morgan fingerprint density at radius 2 is 2.22 bits per heavy atom. The van der Waals surface area contributed by atoms with Crippen molar-refractivity contribution in [3.8, 4) is 0 Å². The van der Waals surface area contributed by atoms with Crippen LogP contribution in [0.5, 0.6) is 0 Å². The highest BCUT2D eigenvalue weighted by Gasteiger charge is 2.08. The summed E-state index contributed by atoms with van der Waals surface area (Å²) in [6.07, 6.45) is 1.87. The van der Waals surface area contributed by atoms with Crippen LogP contribution in [0.3, 0.4) is 0 Å². The first-order valence-electron chi connectivity index (χ1n) is 6.19. The van der Waals surface area contributed by atoms with Crippen LogP contribution in [0.15, 0.2) is 35.8 Å². The highest BCUT2D eigenvalue weighted by Crippen LogP contribution is 2.18. The minimum absolute atomic E-state index is 0.0407. The number of nitrogens with zero attached hydrogens (tertiary/aromatic N) is 2. The third-order valence-corrected chi connectivity index (χ3v) is 3.79. The maximum Gasteiger partial charge on any atom is 0.128 e. The summed E-state index contributed by atoms with van der Waals surface area (Å²) in [7, 11) is 0. The van der Waals surface area contributed by atoms with Crippen molar-refractivity contribution in [2.24, 2.45) is 5.73 Å². The maximum absolute atomic E-state index is 5.83. The van der Waals surface area contributed by atoms with Crippen molar-refractivity contribution in [1.82, 2.24) is 4.98 Å². The fourth-order valence-electron chi connectivity index (χ4n) is 1.80. The van der Waals surface area contributed by atoms with Gasteiger partial charge in [0.25, 0.3) is 0 Å². The van der Waals surface area contributed by atoms with Crippen LogP contribution in [-0.4, -0.2) is 11.5 Å². The van der Waals surface area contributed by atoms with E-state index >= 15 is 0 Å². The molecule has 0 radical (unpaired) electrons. The molecule has 0 aliphatic rings. The lowest BCUT2D eigenvalue weighted by atomic mass is 10.1. The van der Waals surface area contributed by atoms with E-state index in [1.165, 1.54) is 4.88 Å². The van der Waals surface area contributed by atoms with Crippen LogP contribution in [0, 0.1) is 0 Å². The molecular weight excluding hydrogens is 242 g/mol. The van der Waals surface area contributed by atoms with Gasteiger partial charge in [-0.2, -0.15) is 0 Å². The average Bonchev–Trinajstić information content (AvgIpc) is 2.89. The SMILES string of the molecule is CCN(Cc1cccs1)c1ccc([C@H](C)N)cn1. The molecule has 18 heavy (non-hydrogen) atoms. The van der Waals surface area contributed by atoms with E-state index in [2.05, 4.69) is 46.5 Å². The molecule has 0 fully saturated rings. The monoisotopic (exact) mass is 261 g/mol. The van der Waals surface area contributed by atoms with Crippen LogP contribution in [0.25, 0.3) is 0 Å². The number of hydrogen-bond acceptors (Lipinski definition) is 4. The van der Waals surface area contributed by atoms with Gasteiger partial charge in [0.2, 0.25) is 0 Å². The number of pyridine rings is 1. The van der Waals surface area contributed by atoms with E-state index in [9.17, 15) is 0 Å². The molecule has 0 spiro atoms. The van der Waals surface area contributed by atoms with Crippen molar-refractivity contribution >= 4 is 17.2 Å². The molecule has 3 nitrogen and oxygen atoms in total. The van der Waals surface area contributed by atoms with Gasteiger partial charge < -0.3 is 10.6 Å². The van der Waals surface area contributed by atoms with Crippen molar-refractivity contribution in [3.63, 3.8) is 0 Å². The summed E-state index contributed by atoms with van der Waals surface area (Å²) >= 11 is 1.78. The first kappa shape index (κ1) is 13.1. The topological polar surface area (TPSA) is 42.1 Å². The third-order valence-electron chi connectivity index (χ3n) is 2.93. The van der Waals surface area contributed by atoms with E-state index in [4.69, 9.17) is 5.73 Å². The van der Waals surface area contributed by atoms with E-state index in [1.807, 2.05) is 13.1 Å². The zero-order valence-electron chi connectivity index (χ0n) is 10.8. The van der Waals surface area contributed by atoms with Gasteiger partial charge in [-0.25, -0.2) is 4.98 Å². The Bertz CT molecular complexity index is 462. The Morgan fingerprint density at radius 3 is 2.72 bits per heavy atom. The Kier molecular flexibility index (Phi) is 4.33. The Balaban J connectivity index is 2.12. The van der Waals surface area contributed by atoms with E-state index < -0.39 is 0 Å². The molecule has 2 rings (SSSR count). The fraction of sp³-hybridized carbons (Fsp3) is 0.357. The lowest BCUT2D eigenvalue weighted by molar-refractivity contribution is 0.795. The summed E-state index contributed by atoms with van der Waals surface area (Å²) in [5.41, 5.74) is 6.91. The maximum atomic E-state index is 5.83. The van der Waals surface area contributed by atoms with Crippen molar-refractivity contribution in [1.29, 1.82) is 0 Å². The summed E-state index contributed by atoms with van der Waals surface area (Å²) in [4.78, 5) is 8.12. The summed E-state index contributed by atoms with van der Waals surface area (Å²) in [6.45, 7) is 5.98. The smallest absolute Gasteiger partial charge is 0.128 e. The quantitative estimate of drug-likeness (QED) is 0.898. The molecule has 2 aromatic rings. The normalized spacial score (nSPS) is 12.4. The Morgan fingerprint density at radius 1 is 1.39 bits per heavy atom. The molecule has 0 amide bonds. The van der Waals surface area contributed by atoms with Crippen molar-refractivity contribution < 1.29 is 0 Å². The standard InChI is InChI=1S/C14H19N3S/c1-3-17(10-13-5-4-8-18-13)14-7-6-12(9-16-14)11(2)15/h4-9,11H,3,10,15H2,1-2H3/t11-/m0/s1. The number of thiophene rings is 1. The zero-order chi connectivity index (χ0) is 13.0. The van der Waals surface area contributed by atoms with E-state index in [0.29, 0.717) is 0 Å². The number of anilines is 1. The lowest BCUT2D eigenvalue weighted by Gasteiger charge is -2.21. The lowest BCUT2D eigenvalue weighted by Crippen LogP contribution is -2.22. The Hall–Kier alpha value is -1.39. The van der Waals surface area contributed by atoms with Crippen molar-refractivity contribution in [3.05, 3.63) is 46.3 Å². The van der Waals surface area contributed by atoms with Gasteiger partial charge in [0.05, 0.1) is 6.54 Å². The number of hydrogen-bond donors (Lipinski definition) is 1. The van der Waals surface area contributed by atoms with E-state index in [1.54, 1.807) is 11.3 Å². The first-order chi connectivity index (χ1) is 8.70. The van der Waals surface area contributed by atoms with Crippen LogP contribution in [-0.2, 0) is 6.54 Å².